The van der Waals surface area contributed by atoms with Crippen molar-refractivity contribution in [1.29, 1.82) is 0 Å². The molecule has 0 aromatic carbocycles. The van der Waals surface area contributed by atoms with Crippen LogP contribution in [0.3, 0.4) is 0 Å². The summed E-state index contributed by atoms with van der Waals surface area (Å²) in [6, 6.07) is 3.69. The highest BCUT2D eigenvalue weighted by molar-refractivity contribution is 5.04. The summed E-state index contributed by atoms with van der Waals surface area (Å²) < 4.78 is 6.81. The Kier molecular flexibility index (Phi) is 2.32. The molecule has 1 N–H and O–H groups in total. The molecule has 0 radical (unpaired) electrons. The SMILES string of the molecule is CC(C)(O)c1cn(Cc2ccco2)nn1. The van der Waals surface area contributed by atoms with Crippen LogP contribution in [-0.4, -0.2) is 20.1 Å². The van der Waals surface area contributed by atoms with E-state index in [0.29, 0.717) is 12.2 Å². The number of furan rings is 1. The molecule has 80 valence electrons. The lowest BCUT2D eigenvalue weighted by molar-refractivity contribution is 0.0737. The normalized spacial score (nSPS) is 11.9. The highest BCUT2D eigenvalue weighted by Crippen LogP contribution is 2.16. The topological polar surface area (TPSA) is 64.1 Å². The maximum absolute atomic E-state index is 9.69. The van der Waals surface area contributed by atoms with E-state index >= 15 is 0 Å². The molecule has 0 aliphatic rings. The van der Waals surface area contributed by atoms with Gasteiger partial charge in [0, 0.05) is 0 Å². The molecule has 0 aliphatic heterocycles. The van der Waals surface area contributed by atoms with Crippen LogP contribution in [0.2, 0.25) is 0 Å². The summed E-state index contributed by atoms with van der Waals surface area (Å²) in [6.07, 6.45) is 3.33. The van der Waals surface area contributed by atoms with E-state index in [1.54, 1.807) is 31.0 Å². The molecule has 15 heavy (non-hydrogen) atoms. The van der Waals surface area contributed by atoms with Crippen LogP contribution in [0.5, 0.6) is 0 Å². The Labute approximate surface area is 87.3 Å². The quantitative estimate of drug-likeness (QED) is 0.819. The smallest absolute Gasteiger partial charge is 0.125 e. The molecule has 0 aliphatic carbocycles. The van der Waals surface area contributed by atoms with Crippen molar-refractivity contribution < 1.29 is 9.52 Å². The number of hydrogen-bond acceptors (Lipinski definition) is 4. The van der Waals surface area contributed by atoms with Crippen LogP contribution in [0.4, 0.5) is 0 Å². The van der Waals surface area contributed by atoms with Gasteiger partial charge in [0.1, 0.15) is 23.6 Å². The van der Waals surface area contributed by atoms with Crippen molar-refractivity contribution in [3.05, 3.63) is 36.0 Å². The van der Waals surface area contributed by atoms with Crippen molar-refractivity contribution in [2.45, 2.75) is 26.0 Å². The van der Waals surface area contributed by atoms with Gasteiger partial charge in [-0.1, -0.05) is 5.21 Å². The average Bonchev–Trinajstić information content (AvgIpc) is 2.73. The summed E-state index contributed by atoms with van der Waals surface area (Å²) in [5.41, 5.74) is -0.407. The number of aromatic nitrogens is 3. The van der Waals surface area contributed by atoms with E-state index in [1.165, 1.54) is 0 Å². The van der Waals surface area contributed by atoms with Crippen molar-refractivity contribution in [1.82, 2.24) is 15.0 Å². The standard InChI is InChI=1S/C10H13N3O2/c1-10(2,14)9-7-13(12-11-9)6-8-4-3-5-15-8/h3-5,7,14H,6H2,1-2H3. The fourth-order valence-corrected chi connectivity index (χ4v) is 1.22. The third kappa shape index (κ3) is 2.24. The van der Waals surface area contributed by atoms with Gasteiger partial charge >= 0.3 is 0 Å². The van der Waals surface area contributed by atoms with Crippen molar-refractivity contribution >= 4 is 0 Å². The predicted molar refractivity (Wildman–Crippen MR) is 53.1 cm³/mol. The van der Waals surface area contributed by atoms with Crippen LogP contribution >= 0.6 is 0 Å². The van der Waals surface area contributed by atoms with E-state index in [-0.39, 0.29) is 0 Å². The van der Waals surface area contributed by atoms with Gasteiger partial charge in [0.05, 0.1) is 12.5 Å². The third-order valence-electron chi connectivity index (χ3n) is 2.06. The van der Waals surface area contributed by atoms with Crippen molar-refractivity contribution in [2.75, 3.05) is 0 Å². The Balaban J connectivity index is 2.15. The van der Waals surface area contributed by atoms with Crippen LogP contribution in [0.25, 0.3) is 0 Å². The largest absolute Gasteiger partial charge is 0.467 e. The zero-order valence-electron chi connectivity index (χ0n) is 8.71. The number of nitrogens with zero attached hydrogens (tertiary/aromatic N) is 3. The molecule has 0 amide bonds. The average molecular weight is 207 g/mol. The zero-order valence-corrected chi connectivity index (χ0v) is 8.71. The first-order valence-corrected chi connectivity index (χ1v) is 4.71. The molecule has 0 spiro atoms. The molecule has 5 nitrogen and oxygen atoms in total. The molecule has 2 heterocycles. The van der Waals surface area contributed by atoms with E-state index in [1.807, 2.05) is 12.1 Å². The molecule has 0 bridgehead atoms. The molecule has 0 saturated heterocycles. The summed E-state index contributed by atoms with van der Waals surface area (Å²) in [5.74, 6) is 0.808. The summed E-state index contributed by atoms with van der Waals surface area (Å²) in [4.78, 5) is 0. The molecular weight excluding hydrogens is 194 g/mol. The summed E-state index contributed by atoms with van der Waals surface area (Å²) in [7, 11) is 0. The van der Waals surface area contributed by atoms with Gasteiger partial charge in [0.25, 0.3) is 0 Å². The van der Waals surface area contributed by atoms with E-state index in [4.69, 9.17) is 4.42 Å². The van der Waals surface area contributed by atoms with Crippen molar-refractivity contribution in [3.8, 4) is 0 Å². The molecule has 0 saturated carbocycles. The second-order valence-electron chi connectivity index (χ2n) is 3.94. The number of hydrogen-bond donors (Lipinski definition) is 1. The lowest BCUT2D eigenvalue weighted by atomic mass is 10.1. The Morgan fingerprint density at radius 3 is 2.87 bits per heavy atom. The monoisotopic (exact) mass is 207 g/mol. The molecule has 0 unspecified atom stereocenters. The van der Waals surface area contributed by atoms with Crippen LogP contribution < -0.4 is 0 Å². The number of rotatable bonds is 3. The first-order valence-electron chi connectivity index (χ1n) is 4.71. The molecule has 0 fully saturated rings. The Bertz CT molecular complexity index is 426. The Morgan fingerprint density at radius 1 is 1.53 bits per heavy atom. The minimum Gasteiger partial charge on any atom is -0.467 e. The van der Waals surface area contributed by atoms with Gasteiger partial charge in [-0.15, -0.1) is 5.10 Å². The van der Waals surface area contributed by atoms with Gasteiger partial charge in [-0.3, -0.25) is 0 Å². The van der Waals surface area contributed by atoms with Gasteiger partial charge in [-0.05, 0) is 26.0 Å². The lowest BCUT2D eigenvalue weighted by Gasteiger charge is -2.11. The zero-order chi connectivity index (χ0) is 10.9. The number of aliphatic hydroxyl groups is 1. The fourth-order valence-electron chi connectivity index (χ4n) is 1.22. The molecule has 2 rings (SSSR count). The minimum absolute atomic E-state index is 0.524. The summed E-state index contributed by atoms with van der Waals surface area (Å²) in [5, 5.41) is 17.5. The van der Waals surface area contributed by atoms with Gasteiger partial charge in [-0.2, -0.15) is 0 Å². The summed E-state index contributed by atoms with van der Waals surface area (Å²) >= 11 is 0. The van der Waals surface area contributed by atoms with Crippen LogP contribution in [0, 0.1) is 0 Å². The van der Waals surface area contributed by atoms with Crippen molar-refractivity contribution in [3.63, 3.8) is 0 Å². The molecular formula is C10H13N3O2. The van der Waals surface area contributed by atoms with Gasteiger partial charge < -0.3 is 9.52 Å². The maximum atomic E-state index is 9.69. The van der Waals surface area contributed by atoms with Crippen LogP contribution in [-0.2, 0) is 12.1 Å². The predicted octanol–water partition coefficient (Wildman–Crippen LogP) is 1.15. The van der Waals surface area contributed by atoms with Gasteiger partial charge in [-0.25, -0.2) is 4.68 Å². The van der Waals surface area contributed by atoms with Crippen LogP contribution in [0.1, 0.15) is 25.3 Å². The minimum atomic E-state index is -0.957. The van der Waals surface area contributed by atoms with E-state index in [9.17, 15) is 5.11 Å². The van der Waals surface area contributed by atoms with Crippen molar-refractivity contribution in [2.24, 2.45) is 0 Å². The van der Waals surface area contributed by atoms with E-state index in [0.717, 1.165) is 5.76 Å². The highest BCUT2D eigenvalue weighted by Gasteiger charge is 2.20. The second kappa shape index (κ2) is 3.51. The van der Waals surface area contributed by atoms with Gasteiger partial charge in [0.15, 0.2) is 0 Å². The second-order valence-corrected chi connectivity index (χ2v) is 3.94. The first kappa shape index (κ1) is 9.92. The Morgan fingerprint density at radius 2 is 2.33 bits per heavy atom. The lowest BCUT2D eigenvalue weighted by Crippen LogP contribution is -2.15. The Hall–Kier alpha value is -1.62. The third-order valence-corrected chi connectivity index (χ3v) is 2.06. The first-order chi connectivity index (χ1) is 7.05. The molecule has 2 aromatic rings. The molecule has 5 heteroatoms. The highest BCUT2D eigenvalue weighted by atomic mass is 16.3. The van der Waals surface area contributed by atoms with E-state index < -0.39 is 5.60 Å². The van der Waals surface area contributed by atoms with E-state index in [2.05, 4.69) is 10.3 Å². The van der Waals surface area contributed by atoms with Gasteiger partial charge in [0.2, 0.25) is 0 Å². The molecule has 0 atom stereocenters. The molecule has 2 aromatic heterocycles. The maximum Gasteiger partial charge on any atom is 0.125 e. The fraction of sp³-hybridized carbons (Fsp3) is 0.400. The van der Waals surface area contributed by atoms with Crippen LogP contribution in [0.15, 0.2) is 29.0 Å². The summed E-state index contributed by atoms with van der Waals surface area (Å²) in [6.45, 7) is 3.87.